The first kappa shape index (κ1) is 11.0. The average Bonchev–Trinajstić information content (AvgIpc) is 2.75. The third-order valence-electron chi connectivity index (χ3n) is 4.08. The van der Waals surface area contributed by atoms with Crippen LogP contribution in [0.15, 0.2) is 0 Å². The summed E-state index contributed by atoms with van der Waals surface area (Å²) in [7, 11) is 0. The van der Waals surface area contributed by atoms with Crippen LogP contribution in [0.25, 0.3) is 0 Å². The van der Waals surface area contributed by atoms with Gasteiger partial charge in [-0.1, -0.05) is 25.7 Å². The van der Waals surface area contributed by atoms with Gasteiger partial charge in [0.2, 0.25) is 0 Å². The molecule has 2 fully saturated rings. The van der Waals surface area contributed by atoms with E-state index in [2.05, 4.69) is 11.4 Å². The Labute approximate surface area is 93.0 Å². The van der Waals surface area contributed by atoms with Crippen LogP contribution in [0.1, 0.15) is 51.4 Å². The summed E-state index contributed by atoms with van der Waals surface area (Å²) in [5.74, 6) is 1.17. The molecule has 0 aromatic rings. The van der Waals surface area contributed by atoms with Crippen LogP contribution in [0, 0.1) is 23.2 Å². The molecule has 0 aromatic carbocycles. The molecule has 1 N–H and O–H groups in total. The van der Waals surface area contributed by atoms with E-state index < -0.39 is 0 Å². The molecule has 2 heteroatoms. The van der Waals surface area contributed by atoms with Crippen molar-refractivity contribution < 1.29 is 0 Å². The van der Waals surface area contributed by atoms with Crippen LogP contribution < -0.4 is 5.32 Å². The molecule has 2 rings (SSSR count). The second-order valence-electron chi connectivity index (χ2n) is 5.19. The number of nitriles is 1. The molecule has 84 valence electrons. The van der Waals surface area contributed by atoms with Crippen molar-refractivity contribution in [1.82, 2.24) is 5.32 Å². The van der Waals surface area contributed by atoms with Crippen LogP contribution in [0.3, 0.4) is 0 Å². The van der Waals surface area contributed by atoms with Crippen molar-refractivity contribution in [3.63, 3.8) is 0 Å². The minimum atomic E-state index is 0.286. The Hall–Kier alpha value is -0.550. The van der Waals surface area contributed by atoms with Crippen molar-refractivity contribution in [3.8, 4) is 6.07 Å². The summed E-state index contributed by atoms with van der Waals surface area (Å²) < 4.78 is 0. The highest BCUT2D eigenvalue weighted by atomic mass is 14.9. The Balaban J connectivity index is 1.70. The first-order chi connectivity index (χ1) is 7.40. The lowest BCUT2D eigenvalue weighted by Gasteiger charge is -2.24. The highest BCUT2D eigenvalue weighted by Crippen LogP contribution is 2.27. The van der Waals surface area contributed by atoms with Gasteiger partial charge in [-0.15, -0.1) is 0 Å². The van der Waals surface area contributed by atoms with E-state index >= 15 is 0 Å². The van der Waals surface area contributed by atoms with E-state index in [-0.39, 0.29) is 5.92 Å². The maximum Gasteiger partial charge on any atom is 0.0672 e. The van der Waals surface area contributed by atoms with Crippen LogP contribution in [0.5, 0.6) is 0 Å². The minimum Gasteiger partial charge on any atom is -0.312 e. The summed E-state index contributed by atoms with van der Waals surface area (Å²) in [6.45, 7) is 1.16. The van der Waals surface area contributed by atoms with Crippen LogP contribution in [0.2, 0.25) is 0 Å². The maximum atomic E-state index is 8.98. The summed E-state index contributed by atoms with van der Waals surface area (Å²) in [4.78, 5) is 0. The van der Waals surface area contributed by atoms with Crippen LogP contribution in [-0.2, 0) is 0 Å². The second-order valence-corrected chi connectivity index (χ2v) is 5.19. The smallest absolute Gasteiger partial charge is 0.0672 e. The first-order valence-electron chi connectivity index (χ1n) is 6.53. The summed E-state index contributed by atoms with van der Waals surface area (Å²) >= 11 is 0. The Kier molecular flexibility index (Phi) is 4.02. The van der Waals surface area contributed by atoms with Gasteiger partial charge in [-0.25, -0.2) is 0 Å². The molecule has 0 heterocycles. The lowest BCUT2D eigenvalue weighted by atomic mass is 9.89. The van der Waals surface area contributed by atoms with Crippen molar-refractivity contribution in [3.05, 3.63) is 0 Å². The van der Waals surface area contributed by atoms with Gasteiger partial charge in [0, 0.05) is 6.04 Å². The Morgan fingerprint density at radius 3 is 2.53 bits per heavy atom. The van der Waals surface area contributed by atoms with Crippen molar-refractivity contribution >= 4 is 0 Å². The quantitative estimate of drug-likeness (QED) is 0.770. The van der Waals surface area contributed by atoms with Crippen molar-refractivity contribution in [2.24, 2.45) is 11.8 Å². The van der Waals surface area contributed by atoms with Crippen molar-refractivity contribution in [2.75, 3.05) is 6.54 Å². The lowest BCUT2D eigenvalue weighted by Crippen LogP contribution is -2.36. The predicted octanol–water partition coefficient (Wildman–Crippen LogP) is 2.85. The zero-order chi connectivity index (χ0) is 10.5. The molecule has 0 aromatic heterocycles. The molecular formula is C13H22N2. The van der Waals surface area contributed by atoms with E-state index in [0.717, 1.165) is 18.9 Å². The zero-order valence-corrected chi connectivity index (χ0v) is 9.54. The van der Waals surface area contributed by atoms with Gasteiger partial charge < -0.3 is 5.32 Å². The van der Waals surface area contributed by atoms with Gasteiger partial charge in [0.15, 0.2) is 0 Å². The van der Waals surface area contributed by atoms with Gasteiger partial charge in [0.25, 0.3) is 0 Å². The van der Waals surface area contributed by atoms with Gasteiger partial charge in [0.05, 0.1) is 12.0 Å². The normalized spacial score (nSPS) is 32.7. The zero-order valence-electron chi connectivity index (χ0n) is 9.54. The Morgan fingerprint density at radius 1 is 1.00 bits per heavy atom. The third-order valence-corrected chi connectivity index (χ3v) is 4.08. The molecule has 2 unspecified atom stereocenters. The maximum absolute atomic E-state index is 8.98. The number of hydrogen-bond acceptors (Lipinski definition) is 2. The number of rotatable bonds is 3. The second kappa shape index (κ2) is 5.51. The predicted molar refractivity (Wildman–Crippen MR) is 61.3 cm³/mol. The number of hydrogen-bond donors (Lipinski definition) is 1. The summed E-state index contributed by atoms with van der Waals surface area (Å²) in [6.07, 6.45) is 10.6. The molecule has 2 atom stereocenters. The molecule has 0 saturated heterocycles. The summed E-state index contributed by atoms with van der Waals surface area (Å²) in [6, 6.07) is 2.94. The van der Waals surface area contributed by atoms with Gasteiger partial charge in [-0.2, -0.15) is 5.26 Å². The van der Waals surface area contributed by atoms with E-state index in [1.807, 2.05) is 0 Å². The van der Waals surface area contributed by atoms with E-state index in [0.29, 0.717) is 6.04 Å². The highest BCUT2D eigenvalue weighted by molar-refractivity contribution is 4.96. The molecule has 0 spiro atoms. The van der Waals surface area contributed by atoms with E-state index in [1.54, 1.807) is 0 Å². The van der Waals surface area contributed by atoms with Gasteiger partial charge in [-0.3, -0.25) is 0 Å². The van der Waals surface area contributed by atoms with Crippen LogP contribution >= 0.6 is 0 Å². The fourth-order valence-electron chi connectivity index (χ4n) is 3.07. The summed E-state index contributed by atoms with van der Waals surface area (Å²) in [5.41, 5.74) is 0. The SMILES string of the molecule is N#CC1CCCC1NCC1CCCCC1. The van der Waals surface area contributed by atoms with Crippen molar-refractivity contribution in [1.29, 1.82) is 5.26 Å². The van der Waals surface area contributed by atoms with Crippen molar-refractivity contribution in [2.45, 2.75) is 57.4 Å². The largest absolute Gasteiger partial charge is 0.312 e. The van der Waals surface area contributed by atoms with Crippen LogP contribution in [0.4, 0.5) is 0 Å². The third kappa shape index (κ3) is 2.95. The topological polar surface area (TPSA) is 35.8 Å². The number of nitrogens with zero attached hydrogens (tertiary/aromatic N) is 1. The molecule has 2 saturated carbocycles. The van der Waals surface area contributed by atoms with E-state index in [1.165, 1.54) is 44.9 Å². The lowest BCUT2D eigenvalue weighted by molar-refractivity contribution is 0.319. The van der Waals surface area contributed by atoms with Gasteiger partial charge in [-0.05, 0) is 38.1 Å². The van der Waals surface area contributed by atoms with E-state index in [4.69, 9.17) is 5.26 Å². The molecular weight excluding hydrogens is 184 g/mol. The number of nitrogens with one attached hydrogen (secondary N) is 1. The first-order valence-corrected chi connectivity index (χ1v) is 6.53. The molecule has 0 radical (unpaired) electrons. The molecule has 0 amide bonds. The Bertz CT molecular complexity index is 225. The molecule has 15 heavy (non-hydrogen) atoms. The summed E-state index contributed by atoms with van der Waals surface area (Å²) in [5, 5.41) is 12.6. The average molecular weight is 206 g/mol. The molecule has 0 aliphatic heterocycles. The van der Waals surface area contributed by atoms with Gasteiger partial charge >= 0.3 is 0 Å². The highest BCUT2D eigenvalue weighted by Gasteiger charge is 2.27. The minimum absolute atomic E-state index is 0.286. The monoisotopic (exact) mass is 206 g/mol. The standard InChI is InChI=1S/C13H22N2/c14-9-12-7-4-8-13(12)15-10-11-5-2-1-3-6-11/h11-13,15H,1-8,10H2. The van der Waals surface area contributed by atoms with Crippen LogP contribution in [-0.4, -0.2) is 12.6 Å². The fraction of sp³-hybridized carbons (Fsp3) is 0.923. The fourth-order valence-corrected chi connectivity index (χ4v) is 3.07. The van der Waals surface area contributed by atoms with Gasteiger partial charge in [0.1, 0.15) is 0 Å². The molecule has 2 nitrogen and oxygen atoms in total. The Morgan fingerprint density at radius 2 is 1.80 bits per heavy atom. The molecule has 2 aliphatic rings. The molecule has 2 aliphatic carbocycles. The molecule has 0 bridgehead atoms. The van der Waals surface area contributed by atoms with E-state index in [9.17, 15) is 0 Å².